The molecule has 1 aromatic rings. The van der Waals surface area contributed by atoms with Crippen molar-refractivity contribution < 1.29 is 8.78 Å². The zero-order valence-electron chi connectivity index (χ0n) is 11.5. The van der Waals surface area contributed by atoms with Crippen molar-refractivity contribution in [3.8, 4) is 0 Å². The van der Waals surface area contributed by atoms with E-state index >= 15 is 0 Å². The van der Waals surface area contributed by atoms with Crippen LogP contribution in [0.1, 0.15) is 31.7 Å². The Labute approximate surface area is 113 Å². The molecule has 1 heterocycles. The van der Waals surface area contributed by atoms with Crippen molar-refractivity contribution in [2.24, 2.45) is 0 Å². The molecule has 0 bridgehead atoms. The molecule has 19 heavy (non-hydrogen) atoms. The standard InChI is InChI=1S/C15H22F2N2/c1-2-7-19(15-3-5-18-6-4-15)11-12-8-13(16)10-14(17)9-12/h8-10,15,18H,2-7,11H2,1H3. The van der Waals surface area contributed by atoms with Crippen molar-refractivity contribution in [1.29, 1.82) is 0 Å². The van der Waals surface area contributed by atoms with Gasteiger partial charge >= 0.3 is 0 Å². The first kappa shape index (κ1) is 14.4. The Morgan fingerprint density at radius 2 is 1.79 bits per heavy atom. The van der Waals surface area contributed by atoms with Crippen molar-refractivity contribution in [2.75, 3.05) is 19.6 Å². The molecule has 0 aliphatic carbocycles. The zero-order valence-corrected chi connectivity index (χ0v) is 11.5. The molecule has 1 aliphatic rings. The normalized spacial score (nSPS) is 17.1. The van der Waals surface area contributed by atoms with Crippen LogP contribution in [-0.2, 0) is 6.54 Å². The summed E-state index contributed by atoms with van der Waals surface area (Å²) >= 11 is 0. The molecule has 4 heteroatoms. The van der Waals surface area contributed by atoms with Crippen LogP contribution in [0.3, 0.4) is 0 Å². The van der Waals surface area contributed by atoms with Gasteiger partial charge in [-0.15, -0.1) is 0 Å². The molecule has 0 spiro atoms. The molecule has 0 radical (unpaired) electrons. The van der Waals surface area contributed by atoms with Crippen molar-refractivity contribution in [2.45, 2.75) is 38.8 Å². The maximum absolute atomic E-state index is 13.2. The lowest BCUT2D eigenvalue weighted by Gasteiger charge is -2.34. The minimum atomic E-state index is -0.489. The summed E-state index contributed by atoms with van der Waals surface area (Å²) in [5, 5.41) is 3.35. The molecule has 0 amide bonds. The lowest BCUT2D eigenvalue weighted by molar-refractivity contribution is 0.154. The maximum Gasteiger partial charge on any atom is 0.126 e. The summed E-state index contributed by atoms with van der Waals surface area (Å²) in [5.74, 6) is -0.978. The van der Waals surface area contributed by atoms with E-state index < -0.39 is 11.6 Å². The van der Waals surface area contributed by atoms with Gasteiger partial charge in [0.25, 0.3) is 0 Å². The molecule has 1 aromatic carbocycles. The van der Waals surface area contributed by atoms with Gasteiger partial charge in [0.05, 0.1) is 0 Å². The van der Waals surface area contributed by atoms with Gasteiger partial charge in [0.15, 0.2) is 0 Å². The fraction of sp³-hybridized carbons (Fsp3) is 0.600. The van der Waals surface area contributed by atoms with Gasteiger partial charge in [-0.25, -0.2) is 8.78 Å². The van der Waals surface area contributed by atoms with Gasteiger partial charge in [-0.3, -0.25) is 4.90 Å². The van der Waals surface area contributed by atoms with Gasteiger partial charge in [-0.1, -0.05) is 6.92 Å². The van der Waals surface area contributed by atoms with Crippen LogP contribution in [0.2, 0.25) is 0 Å². The number of nitrogens with one attached hydrogen (secondary N) is 1. The molecule has 1 aliphatic heterocycles. The second kappa shape index (κ2) is 6.96. The van der Waals surface area contributed by atoms with Crippen molar-refractivity contribution >= 4 is 0 Å². The van der Waals surface area contributed by atoms with Crippen LogP contribution in [0.25, 0.3) is 0 Å². The van der Waals surface area contributed by atoms with Crippen molar-refractivity contribution in [3.63, 3.8) is 0 Å². The third-order valence-corrected chi connectivity index (χ3v) is 3.64. The molecule has 0 unspecified atom stereocenters. The van der Waals surface area contributed by atoms with Gasteiger partial charge in [-0.05, 0) is 56.6 Å². The van der Waals surface area contributed by atoms with E-state index in [-0.39, 0.29) is 0 Å². The first-order chi connectivity index (χ1) is 9.19. The number of hydrogen-bond acceptors (Lipinski definition) is 2. The highest BCUT2D eigenvalue weighted by atomic mass is 19.1. The summed E-state index contributed by atoms with van der Waals surface area (Å²) in [6.45, 7) is 5.81. The number of halogens is 2. The molecule has 1 N–H and O–H groups in total. The lowest BCUT2D eigenvalue weighted by atomic mass is 10.0. The quantitative estimate of drug-likeness (QED) is 0.883. The molecule has 2 nitrogen and oxygen atoms in total. The van der Waals surface area contributed by atoms with E-state index in [0.717, 1.165) is 50.5 Å². The Balaban J connectivity index is 2.06. The molecular weight excluding hydrogens is 246 g/mol. The van der Waals surface area contributed by atoms with Crippen molar-refractivity contribution in [3.05, 3.63) is 35.4 Å². The minimum Gasteiger partial charge on any atom is -0.317 e. The minimum absolute atomic E-state index is 0.489. The number of nitrogens with zero attached hydrogens (tertiary/aromatic N) is 1. The molecular formula is C15H22F2N2. The number of benzene rings is 1. The first-order valence-corrected chi connectivity index (χ1v) is 7.08. The highest BCUT2D eigenvalue weighted by Gasteiger charge is 2.20. The van der Waals surface area contributed by atoms with Crippen LogP contribution in [0.5, 0.6) is 0 Å². The van der Waals surface area contributed by atoms with Gasteiger partial charge in [-0.2, -0.15) is 0 Å². The third kappa shape index (κ3) is 4.25. The average molecular weight is 268 g/mol. The van der Waals surface area contributed by atoms with E-state index in [1.807, 2.05) is 0 Å². The molecule has 0 saturated carbocycles. The number of rotatable bonds is 5. The first-order valence-electron chi connectivity index (χ1n) is 7.08. The van der Waals surface area contributed by atoms with E-state index in [1.54, 1.807) is 0 Å². The topological polar surface area (TPSA) is 15.3 Å². The fourth-order valence-corrected chi connectivity index (χ4v) is 2.79. The van der Waals surface area contributed by atoms with Crippen LogP contribution >= 0.6 is 0 Å². The number of hydrogen-bond donors (Lipinski definition) is 1. The highest BCUT2D eigenvalue weighted by Crippen LogP contribution is 2.17. The molecule has 1 fully saturated rings. The van der Waals surface area contributed by atoms with E-state index in [9.17, 15) is 8.78 Å². The van der Waals surface area contributed by atoms with E-state index in [4.69, 9.17) is 0 Å². The Kier molecular flexibility index (Phi) is 5.28. The molecule has 2 rings (SSSR count). The van der Waals surface area contributed by atoms with Crippen LogP contribution in [0.15, 0.2) is 18.2 Å². The lowest BCUT2D eigenvalue weighted by Crippen LogP contribution is -2.43. The largest absolute Gasteiger partial charge is 0.317 e. The summed E-state index contributed by atoms with van der Waals surface area (Å²) in [6, 6.07) is 4.32. The van der Waals surface area contributed by atoms with Crippen LogP contribution in [0.4, 0.5) is 8.78 Å². The summed E-state index contributed by atoms with van der Waals surface area (Å²) in [6.07, 6.45) is 3.28. The smallest absolute Gasteiger partial charge is 0.126 e. The van der Waals surface area contributed by atoms with Crippen molar-refractivity contribution in [1.82, 2.24) is 10.2 Å². The van der Waals surface area contributed by atoms with E-state index in [2.05, 4.69) is 17.1 Å². The SMILES string of the molecule is CCCN(Cc1cc(F)cc(F)c1)C1CCNCC1. The summed E-state index contributed by atoms with van der Waals surface area (Å²) in [4.78, 5) is 2.36. The molecule has 106 valence electrons. The van der Waals surface area contributed by atoms with Gasteiger partial charge in [0.1, 0.15) is 11.6 Å². The van der Waals surface area contributed by atoms with Gasteiger partial charge in [0, 0.05) is 18.7 Å². The second-order valence-corrected chi connectivity index (χ2v) is 5.23. The summed E-state index contributed by atoms with van der Waals surface area (Å²) < 4.78 is 26.5. The monoisotopic (exact) mass is 268 g/mol. The van der Waals surface area contributed by atoms with Gasteiger partial charge < -0.3 is 5.32 Å². The summed E-state index contributed by atoms with van der Waals surface area (Å²) in [5.41, 5.74) is 0.726. The third-order valence-electron chi connectivity index (χ3n) is 3.64. The second-order valence-electron chi connectivity index (χ2n) is 5.23. The predicted molar refractivity (Wildman–Crippen MR) is 73.0 cm³/mol. The molecule has 0 aromatic heterocycles. The Morgan fingerprint density at radius 3 is 2.37 bits per heavy atom. The van der Waals surface area contributed by atoms with Crippen LogP contribution < -0.4 is 5.32 Å². The molecule has 0 atom stereocenters. The highest BCUT2D eigenvalue weighted by molar-refractivity contribution is 5.18. The fourth-order valence-electron chi connectivity index (χ4n) is 2.79. The predicted octanol–water partition coefficient (Wildman–Crippen LogP) is 2.93. The molecule has 1 saturated heterocycles. The summed E-state index contributed by atoms with van der Waals surface area (Å²) in [7, 11) is 0. The number of piperidine rings is 1. The van der Waals surface area contributed by atoms with E-state index in [1.165, 1.54) is 12.1 Å². The Bertz CT molecular complexity index is 383. The van der Waals surface area contributed by atoms with E-state index in [0.29, 0.717) is 12.6 Å². The Hall–Kier alpha value is -1.00. The zero-order chi connectivity index (χ0) is 13.7. The van der Waals surface area contributed by atoms with Gasteiger partial charge in [0.2, 0.25) is 0 Å². The van der Waals surface area contributed by atoms with Crippen LogP contribution in [-0.4, -0.2) is 30.6 Å². The maximum atomic E-state index is 13.2. The Morgan fingerprint density at radius 1 is 1.16 bits per heavy atom. The van der Waals surface area contributed by atoms with Crippen LogP contribution in [0, 0.1) is 11.6 Å². The average Bonchev–Trinajstić information content (AvgIpc) is 2.38.